The molecule has 0 radical (unpaired) electrons. The van der Waals surface area contributed by atoms with Crippen LogP contribution in [0.1, 0.15) is 24.2 Å². The number of benzene rings is 1. The maximum Gasteiger partial charge on any atom is 0.0943 e. The lowest BCUT2D eigenvalue weighted by molar-refractivity contribution is 0.278. The van der Waals surface area contributed by atoms with E-state index < -0.39 is 0 Å². The Hall–Kier alpha value is -0.470. The zero-order chi connectivity index (χ0) is 8.27. The summed E-state index contributed by atoms with van der Waals surface area (Å²) < 4.78 is 4.91. The Bertz CT molecular complexity index is 235. The fourth-order valence-corrected chi connectivity index (χ4v) is 1.21. The van der Waals surface area contributed by atoms with Crippen molar-refractivity contribution >= 4 is 12.9 Å². The summed E-state index contributed by atoms with van der Waals surface area (Å²) in [6.45, 7) is 4.05. The molecule has 1 atom stereocenters. The molecule has 0 spiro atoms. The van der Waals surface area contributed by atoms with Crippen molar-refractivity contribution in [2.24, 2.45) is 0 Å². The molecular formula is C9H12OS. The minimum atomic E-state index is 0.0690. The fourth-order valence-electron chi connectivity index (χ4n) is 1.10. The summed E-state index contributed by atoms with van der Waals surface area (Å²) in [4.78, 5) is 0. The number of aryl methyl sites for hydroxylation is 1. The summed E-state index contributed by atoms with van der Waals surface area (Å²) in [6.07, 6.45) is 0.0690. The van der Waals surface area contributed by atoms with Crippen LogP contribution in [0.3, 0.4) is 0 Å². The molecule has 0 aliphatic rings. The van der Waals surface area contributed by atoms with E-state index in [0.29, 0.717) is 0 Å². The average Bonchev–Trinajstić information content (AvgIpc) is 2.04. The van der Waals surface area contributed by atoms with Gasteiger partial charge in [-0.05, 0) is 37.9 Å². The lowest BCUT2D eigenvalue weighted by atomic mass is 10.1. The van der Waals surface area contributed by atoms with E-state index in [9.17, 15) is 0 Å². The molecule has 0 saturated heterocycles. The van der Waals surface area contributed by atoms with Gasteiger partial charge in [-0.15, -0.1) is 0 Å². The number of hydrogen-bond donors (Lipinski definition) is 1. The first kappa shape index (κ1) is 8.62. The molecule has 0 amide bonds. The fraction of sp³-hybridized carbons (Fsp3) is 0.333. The largest absolute Gasteiger partial charge is 0.311 e. The monoisotopic (exact) mass is 168 g/mol. The summed E-state index contributed by atoms with van der Waals surface area (Å²) in [5.74, 6) is 0. The highest BCUT2D eigenvalue weighted by Gasteiger charge is 2.05. The smallest absolute Gasteiger partial charge is 0.0943 e. The third kappa shape index (κ3) is 1.98. The minimum Gasteiger partial charge on any atom is -0.311 e. The standard InChI is InChI=1S/C9H12OS/c1-7-5-3-4-6-9(7)8(2)10-11/h3-6,8,11H,1-2H3. The quantitative estimate of drug-likeness (QED) is 0.527. The molecule has 0 aliphatic carbocycles. The second kappa shape index (κ2) is 3.79. The van der Waals surface area contributed by atoms with Crippen molar-refractivity contribution in [1.82, 2.24) is 0 Å². The molecule has 1 aromatic rings. The molecule has 60 valence electrons. The molecule has 0 saturated carbocycles. The summed E-state index contributed by atoms with van der Waals surface area (Å²) >= 11 is 3.77. The molecular weight excluding hydrogens is 156 g/mol. The van der Waals surface area contributed by atoms with E-state index in [0.717, 1.165) is 0 Å². The molecule has 0 bridgehead atoms. The van der Waals surface area contributed by atoms with Crippen molar-refractivity contribution in [2.45, 2.75) is 20.0 Å². The van der Waals surface area contributed by atoms with Gasteiger partial charge in [0.2, 0.25) is 0 Å². The van der Waals surface area contributed by atoms with Crippen LogP contribution in [0.25, 0.3) is 0 Å². The normalized spacial score (nSPS) is 13.0. The Balaban J connectivity index is 2.93. The van der Waals surface area contributed by atoms with E-state index in [1.54, 1.807) is 0 Å². The highest BCUT2D eigenvalue weighted by Crippen LogP contribution is 2.20. The Morgan fingerprint density at radius 3 is 2.55 bits per heavy atom. The summed E-state index contributed by atoms with van der Waals surface area (Å²) in [5, 5.41) is 0. The van der Waals surface area contributed by atoms with Gasteiger partial charge in [0, 0.05) is 0 Å². The van der Waals surface area contributed by atoms with Crippen molar-refractivity contribution < 1.29 is 4.18 Å². The third-order valence-corrected chi connectivity index (χ3v) is 2.10. The van der Waals surface area contributed by atoms with Crippen molar-refractivity contribution in [3.05, 3.63) is 35.4 Å². The van der Waals surface area contributed by atoms with Gasteiger partial charge in [0.15, 0.2) is 0 Å². The summed E-state index contributed by atoms with van der Waals surface area (Å²) in [5.41, 5.74) is 2.44. The van der Waals surface area contributed by atoms with E-state index >= 15 is 0 Å². The van der Waals surface area contributed by atoms with Gasteiger partial charge in [0.25, 0.3) is 0 Å². The summed E-state index contributed by atoms with van der Waals surface area (Å²) in [7, 11) is 0. The molecule has 0 N–H and O–H groups in total. The van der Waals surface area contributed by atoms with Crippen LogP contribution < -0.4 is 0 Å². The van der Waals surface area contributed by atoms with Gasteiger partial charge < -0.3 is 4.18 Å². The first-order valence-corrected chi connectivity index (χ1v) is 3.98. The van der Waals surface area contributed by atoms with Crippen molar-refractivity contribution in [3.63, 3.8) is 0 Å². The first-order chi connectivity index (χ1) is 5.25. The molecule has 0 fully saturated rings. The van der Waals surface area contributed by atoms with Gasteiger partial charge in [-0.1, -0.05) is 24.3 Å². The summed E-state index contributed by atoms with van der Waals surface area (Å²) in [6, 6.07) is 8.14. The van der Waals surface area contributed by atoms with Gasteiger partial charge in [0.05, 0.1) is 6.10 Å². The Kier molecular flexibility index (Phi) is 2.97. The SMILES string of the molecule is Cc1ccccc1C(C)OS. The van der Waals surface area contributed by atoms with Crippen molar-refractivity contribution in [3.8, 4) is 0 Å². The van der Waals surface area contributed by atoms with Crippen LogP contribution in [0.2, 0.25) is 0 Å². The molecule has 1 aromatic carbocycles. The maximum absolute atomic E-state index is 4.91. The lowest BCUT2D eigenvalue weighted by Crippen LogP contribution is -1.94. The van der Waals surface area contributed by atoms with Crippen LogP contribution in [-0.2, 0) is 4.18 Å². The van der Waals surface area contributed by atoms with Crippen LogP contribution in [-0.4, -0.2) is 0 Å². The zero-order valence-corrected chi connectivity index (χ0v) is 7.64. The van der Waals surface area contributed by atoms with E-state index in [-0.39, 0.29) is 6.10 Å². The molecule has 0 aromatic heterocycles. The molecule has 2 heteroatoms. The van der Waals surface area contributed by atoms with Crippen molar-refractivity contribution in [2.75, 3.05) is 0 Å². The Morgan fingerprint density at radius 1 is 1.36 bits per heavy atom. The van der Waals surface area contributed by atoms with Crippen LogP contribution >= 0.6 is 12.9 Å². The maximum atomic E-state index is 4.91. The van der Waals surface area contributed by atoms with Gasteiger partial charge in [-0.25, -0.2) is 0 Å². The highest BCUT2D eigenvalue weighted by atomic mass is 32.1. The molecule has 1 nitrogen and oxygen atoms in total. The molecule has 0 heterocycles. The van der Waals surface area contributed by atoms with Gasteiger partial charge in [-0.3, -0.25) is 0 Å². The first-order valence-electron chi connectivity index (χ1n) is 3.61. The molecule has 11 heavy (non-hydrogen) atoms. The van der Waals surface area contributed by atoms with Crippen LogP contribution in [0, 0.1) is 6.92 Å². The lowest BCUT2D eigenvalue weighted by Gasteiger charge is -2.10. The predicted octanol–water partition coefficient (Wildman–Crippen LogP) is 2.92. The minimum absolute atomic E-state index is 0.0690. The predicted molar refractivity (Wildman–Crippen MR) is 49.7 cm³/mol. The number of hydrogen-bond acceptors (Lipinski definition) is 2. The molecule has 1 unspecified atom stereocenters. The topological polar surface area (TPSA) is 9.23 Å². The average molecular weight is 168 g/mol. The van der Waals surface area contributed by atoms with Gasteiger partial charge in [-0.2, -0.15) is 0 Å². The second-order valence-corrected chi connectivity index (χ2v) is 2.82. The second-order valence-electron chi connectivity index (χ2n) is 2.60. The van der Waals surface area contributed by atoms with Crippen molar-refractivity contribution in [1.29, 1.82) is 0 Å². The van der Waals surface area contributed by atoms with E-state index in [1.807, 2.05) is 19.1 Å². The van der Waals surface area contributed by atoms with Crippen LogP contribution in [0.5, 0.6) is 0 Å². The van der Waals surface area contributed by atoms with Gasteiger partial charge >= 0.3 is 0 Å². The Morgan fingerprint density at radius 2 is 2.00 bits per heavy atom. The van der Waals surface area contributed by atoms with Crippen LogP contribution in [0.15, 0.2) is 24.3 Å². The Labute approximate surface area is 73.0 Å². The van der Waals surface area contributed by atoms with Crippen LogP contribution in [0.4, 0.5) is 0 Å². The van der Waals surface area contributed by atoms with E-state index in [2.05, 4.69) is 32.0 Å². The molecule has 1 rings (SSSR count). The molecule has 0 aliphatic heterocycles. The number of thiol groups is 1. The highest BCUT2D eigenvalue weighted by molar-refractivity contribution is 7.75. The number of rotatable bonds is 2. The van der Waals surface area contributed by atoms with E-state index in [4.69, 9.17) is 4.18 Å². The third-order valence-electron chi connectivity index (χ3n) is 1.78. The van der Waals surface area contributed by atoms with Gasteiger partial charge in [0.1, 0.15) is 0 Å². The van der Waals surface area contributed by atoms with E-state index in [1.165, 1.54) is 11.1 Å². The zero-order valence-electron chi connectivity index (χ0n) is 6.74.